The van der Waals surface area contributed by atoms with Gasteiger partial charge in [0.15, 0.2) is 23.3 Å². The monoisotopic (exact) mass is 526 g/mol. The fraction of sp³-hybridized carbons (Fsp3) is 0.107. The van der Waals surface area contributed by atoms with E-state index in [2.05, 4.69) is 11.6 Å². The minimum absolute atomic E-state index is 0.137. The van der Waals surface area contributed by atoms with Gasteiger partial charge in [0.05, 0.1) is 19.9 Å². The fourth-order valence-corrected chi connectivity index (χ4v) is 6.09. The van der Waals surface area contributed by atoms with Crippen molar-refractivity contribution < 1.29 is 26.7 Å². The molecule has 5 aromatic rings. The number of hydrogen-bond donors (Lipinski definition) is 0. The van der Waals surface area contributed by atoms with Crippen LogP contribution in [0.1, 0.15) is 5.56 Å². The predicted molar refractivity (Wildman–Crippen MR) is 136 cm³/mol. The molecule has 0 aliphatic heterocycles. The molecule has 0 radical (unpaired) electrons. The molecule has 5 rings (SSSR count). The molecule has 1 unspecified atom stereocenters. The third-order valence-electron chi connectivity index (χ3n) is 6.23. The molecule has 1 aromatic heterocycles. The van der Waals surface area contributed by atoms with Crippen LogP contribution in [0, 0.1) is 29.1 Å². The van der Waals surface area contributed by atoms with Gasteiger partial charge in [0.2, 0.25) is 11.7 Å². The van der Waals surface area contributed by atoms with Crippen molar-refractivity contribution in [3.8, 4) is 17.3 Å². The molecule has 0 fully saturated rings. The zero-order chi connectivity index (χ0) is 26.3. The van der Waals surface area contributed by atoms with Gasteiger partial charge in [0.1, 0.15) is 5.82 Å². The zero-order valence-electron chi connectivity index (χ0n) is 19.8. The Kier molecular flexibility index (Phi) is 6.69. The molecular formula is C28H20F5N2OP. The number of ether oxygens (including phenoxy) is 1. The van der Waals surface area contributed by atoms with Gasteiger partial charge >= 0.3 is 0 Å². The molecule has 9 heteroatoms. The summed E-state index contributed by atoms with van der Waals surface area (Å²) in [5.41, 5.74) is -0.260. The minimum atomic E-state index is -2.20. The Morgan fingerprint density at radius 3 is 2.08 bits per heavy atom. The SMILES string of the molecule is COc1cn(Cc2c(F)c(F)c(F)c(F)c2F)c(-c2c(P(C)c3ccccc3)ccc3ccccc23)n1. The van der Waals surface area contributed by atoms with Crippen molar-refractivity contribution >= 4 is 29.3 Å². The summed E-state index contributed by atoms with van der Waals surface area (Å²) in [5.74, 6) is -9.51. The summed E-state index contributed by atoms with van der Waals surface area (Å²) in [7, 11) is 0.490. The van der Waals surface area contributed by atoms with Gasteiger partial charge in [0, 0.05) is 11.1 Å². The van der Waals surface area contributed by atoms with Crippen LogP contribution in [-0.2, 0) is 6.54 Å². The fourth-order valence-electron chi connectivity index (χ4n) is 4.34. The topological polar surface area (TPSA) is 27.1 Å². The average Bonchev–Trinajstić information content (AvgIpc) is 3.35. The highest BCUT2D eigenvalue weighted by atomic mass is 31.1. The summed E-state index contributed by atoms with van der Waals surface area (Å²) >= 11 is 0. The van der Waals surface area contributed by atoms with E-state index in [1.165, 1.54) is 17.9 Å². The highest BCUT2D eigenvalue weighted by Crippen LogP contribution is 2.38. The van der Waals surface area contributed by atoms with Crippen LogP contribution in [0.5, 0.6) is 5.88 Å². The maximum absolute atomic E-state index is 14.6. The van der Waals surface area contributed by atoms with Crippen LogP contribution < -0.4 is 15.3 Å². The Bertz CT molecular complexity index is 1590. The lowest BCUT2D eigenvalue weighted by molar-refractivity contribution is 0.368. The van der Waals surface area contributed by atoms with Gasteiger partial charge in [-0.2, -0.15) is 4.98 Å². The second kappa shape index (κ2) is 9.94. The first-order valence-corrected chi connectivity index (χ1v) is 13.0. The largest absolute Gasteiger partial charge is 0.480 e. The van der Waals surface area contributed by atoms with E-state index in [1.54, 1.807) is 0 Å². The highest BCUT2D eigenvalue weighted by Gasteiger charge is 2.28. The number of benzene rings is 4. The number of halogens is 5. The number of fused-ring (bicyclic) bond motifs is 1. The number of imidazole rings is 1. The summed E-state index contributed by atoms with van der Waals surface area (Å²) in [5, 5.41) is 3.77. The van der Waals surface area contributed by atoms with E-state index < -0.39 is 49.1 Å². The number of aromatic nitrogens is 2. The Morgan fingerprint density at radius 2 is 1.41 bits per heavy atom. The lowest BCUT2D eigenvalue weighted by Gasteiger charge is -2.20. The molecular weight excluding hydrogens is 506 g/mol. The van der Waals surface area contributed by atoms with Gasteiger partial charge in [-0.15, -0.1) is 0 Å². The first kappa shape index (κ1) is 24.9. The van der Waals surface area contributed by atoms with Gasteiger partial charge in [-0.05, 0) is 36.0 Å². The van der Waals surface area contributed by atoms with Crippen molar-refractivity contribution in [2.24, 2.45) is 0 Å². The summed E-state index contributed by atoms with van der Waals surface area (Å²) in [4.78, 5) is 4.55. The van der Waals surface area contributed by atoms with Crippen molar-refractivity contribution in [1.82, 2.24) is 9.55 Å². The molecule has 0 saturated heterocycles. The van der Waals surface area contributed by atoms with Crippen molar-refractivity contribution in [2.75, 3.05) is 13.8 Å². The second-order valence-electron chi connectivity index (χ2n) is 8.36. The normalized spacial score (nSPS) is 12.2. The first-order chi connectivity index (χ1) is 17.8. The maximum Gasteiger partial charge on any atom is 0.231 e. The van der Waals surface area contributed by atoms with Gasteiger partial charge in [0.25, 0.3) is 0 Å². The van der Waals surface area contributed by atoms with Crippen LogP contribution >= 0.6 is 7.92 Å². The molecule has 0 aliphatic carbocycles. The van der Waals surface area contributed by atoms with E-state index >= 15 is 0 Å². The summed E-state index contributed by atoms with van der Waals surface area (Å²) in [6, 6.07) is 21.4. The standard InChI is InChI=1S/C28H20F5N2OP/c1-36-21-15-35(14-19-23(29)25(31)27(33)26(32)24(19)30)28(34-21)22-18-11-7-6-8-16(18)12-13-20(22)37(2)17-9-4-3-5-10-17/h3-13,15H,14H2,1-2H3. The molecule has 188 valence electrons. The van der Waals surface area contributed by atoms with Crippen LogP contribution in [0.3, 0.4) is 0 Å². The molecule has 37 heavy (non-hydrogen) atoms. The molecule has 3 nitrogen and oxygen atoms in total. The van der Waals surface area contributed by atoms with Crippen LogP contribution in [-0.4, -0.2) is 23.3 Å². The van der Waals surface area contributed by atoms with E-state index in [4.69, 9.17) is 4.74 Å². The first-order valence-electron chi connectivity index (χ1n) is 11.2. The van der Waals surface area contributed by atoms with E-state index in [0.717, 1.165) is 21.4 Å². The predicted octanol–water partition coefficient (Wildman–Crippen LogP) is 6.52. The van der Waals surface area contributed by atoms with Crippen LogP contribution in [0.15, 0.2) is 72.9 Å². The third kappa shape index (κ3) is 4.36. The van der Waals surface area contributed by atoms with Gasteiger partial charge in [-0.3, -0.25) is 0 Å². The van der Waals surface area contributed by atoms with E-state index in [9.17, 15) is 22.0 Å². The van der Waals surface area contributed by atoms with Crippen molar-refractivity contribution in [2.45, 2.75) is 6.54 Å². The van der Waals surface area contributed by atoms with Gasteiger partial charge in [-0.25, -0.2) is 22.0 Å². The number of rotatable bonds is 6. The van der Waals surface area contributed by atoms with Crippen molar-refractivity contribution in [3.05, 3.63) is 108 Å². The Labute approximate surface area is 210 Å². The second-order valence-corrected chi connectivity index (χ2v) is 10.5. The zero-order valence-corrected chi connectivity index (χ0v) is 20.7. The minimum Gasteiger partial charge on any atom is -0.480 e. The molecule has 1 heterocycles. The number of hydrogen-bond acceptors (Lipinski definition) is 2. The quantitative estimate of drug-likeness (QED) is 0.109. The molecule has 4 aromatic carbocycles. The van der Waals surface area contributed by atoms with Gasteiger partial charge < -0.3 is 9.30 Å². The van der Waals surface area contributed by atoms with Crippen LogP contribution in [0.2, 0.25) is 0 Å². The highest BCUT2D eigenvalue weighted by molar-refractivity contribution is 7.72. The summed E-state index contributed by atoms with van der Waals surface area (Å²) < 4.78 is 77.4. The smallest absolute Gasteiger partial charge is 0.231 e. The Balaban J connectivity index is 1.76. The van der Waals surface area contributed by atoms with E-state index in [1.807, 2.05) is 66.7 Å². The lowest BCUT2D eigenvalue weighted by atomic mass is 10.0. The van der Waals surface area contributed by atoms with E-state index in [0.29, 0.717) is 5.56 Å². The van der Waals surface area contributed by atoms with Crippen LogP contribution in [0.4, 0.5) is 22.0 Å². The molecule has 0 aliphatic rings. The molecule has 0 bridgehead atoms. The Hall–Kier alpha value is -3.77. The number of methoxy groups -OCH3 is 1. The molecule has 0 amide bonds. The Morgan fingerprint density at radius 1 is 0.784 bits per heavy atom. The van der Waals surface area contributed by atoms with E-state index in [-0.39, 0.29) is 11.7 Å². The van der Waals surface area contributed by atoms with Crippen molar-refractivity contribution in [3.63, 3.8) is 0 Å². The van der Waals surface area contributed by atoms with Gasteiger partial charge in [-0.1, -0.05) is 66.7 Å². The maximum atomic E-state index is 14.6. The number of nitrogens with zero attached hydrogens (tertiary/aromatic N) is 2. The molecule has 0 N–H and O–H groups in total. The van der Waals surface area contributed by atoms with Crippen molar-refractivity contribution in [1.29, 1.82) is 0 Å². The lowest BCUT2D eigenvalue weighted by Crippen LogP contribution is -2.16. The molecule has 0 saturated carbocycles. The van der Waals surface area contributed by atoms with Crippen LogP contribution in [0.25, 0.3) is 22.2 Å². The third-order valence-corrected chi connectivity index (χ3v) is 8.40. The summed E-state index contributed by atoms with van der Waals surface area (Å²) in [6.07, 6.45) is 1.39. The average molecular weight is 526 g/mol. The molecule has 0 spiro atoms. The molecule has 1 atom stereocenters. The summed E-state index contributed by atoms with van der Waals surface area (Å²) in [6.45, 7) is 1.44.